The second kappa shape index (κ2) is 7.03. The van der Waals surface area contributed by atoms with E-state index in [1.54, 1.807) is 6.92 Å². The molecular formula is C13H17FN2O6S2. The molecule has 2 atom stereocenters. The number of carbonyl (C=O) groups excluding carboxylic acids is 1. The van der Waals surface area contributed by atoms with Gasteiger partial charge in [0.25, 0.3) is 0 Å². The molecule has 0 unspecified atom stereocenters. The van der Waals surface area contributed by atoms with E-state index in [0.717, 1.165) is 24.3 Å². The van der Waals surface area contributed by atoms with Crippen LogP contribution in [0.4, 0.5) is 9.18 Å². The summed E-state index contributed by atoms with van der Waals surface area (Å²) < 4.78 is 68.0. The normalized spacial score (nSPS) is 22.9. The summed E-state index contributed by atoms with van der Waals surface area (Å²) in [5, 5.41) is 2.34. The lowest BCUT2D eigenvalue weighted by atomic mass is 10.2. The van der Waals surface area contributed by atoms with E-state index in [9.17, 15) is 26.0 Å². The second-order valence-corrected chi connectivity index (χ2v) is 9.10. The predicted octanol–water partition coefficient (Wildman–Crippen LogP) is 0.0157. The molecule has 1 aliphatic rings. The maximum atomic E-state index is 12.9. The summed E-state index contributed by atoms with van der Waals surface area (Å²) in [6, 6.07) is 2.09. The highest BCUT2D eigenvalue weighted by molar-refractivity contribution is 7.92. The number of amides is 1. The van der Waals surface area contributed by atoms with Gasteiger partial charge in [-0.1, -0.05) is 0 Å². The summed E-state index contributed by atoms with van der Waals surface area (Å²) in [4.78, 5) is 11.3. The van der Waals surface area contributed by atoms with Crippen LogP contribution in [-0.4, -0.2) is 53.1 Å². The Morgan fingerprint density at radius 3 is 2.42 bits per heavy atom. The lowest BCUT2D eigenvalue weighted by Crippen LogP contribution is -2.50. The number of alkyl carbamates (subject to hydrolysis) is 1. The quantitative estimate of drug-likeness (QED) is 0.743. The van der Waals surface area contributed by atoms with Crippen LogP contribution in [0.2, 0.25) is 0 Å². The van der Waals surface area contributed by atoms with E-state index in [-0.39, 0.29) is 11.5 Å². The van der Waals surface area contributed by atoms with Crippen LogP contribution in [0, 0.1) is 5.82 Å². The zero-order valence-corrected chi connectivity index (χ0v) is 14.4. The highest BCUT2D eigenvalue weighted by Crippen LogP contribution is 2.17. The van der Waals surface area contributed by atoms with Crippen molar-refractivity contribution in [3.63, 3.8) is 0 Å². The molecule has 0 aromatic heterocycles. The Balaban J connectivity index is 2.18. The molecule has 11 heteroatoms. The number of ether oxygens (including phenoxy) is 1. The molecule has 8 nitrogen and oxygen atoms in total. The lowest BCUT2D eigenvalue weighted by molar-refractivity contribution is 0.148. The van der Waals surface area contributed by atoms with Gasteiger partial charge in [-0.15, -0.1) is 0 Å². The Bertz CT molecular complexity index is 807. The van der Waals surface area contributed by atoms with Gasteiger partial charge < -0.3 is 10.1 Å². The van der Waals surface area contributed by atoms with Crippen LogP contribution in [0.15, 0.2) is 29.2 Å². The van der Waals surface area contributed by atoms with Crippen LogP contribution in [0.1, 0.15) is 6.92 Å². The van der Waals surface area contributed by atoms with Crippen molar-refractivity contribution in [2.75, 3.05) is 18.1 Å². The van der Waals surface area contributed by atoms with E-state index >= 15 is 0 Å². The van der Waals surface area contributed by atoms with E-state index in [4.69, 9.17) is 0 Å². The van der Waals surface area contributed by atoms with Gasteiger partial charge in [0.15, 0.2) is 9.84 Å². The van der Waals surface area contributed by atoms with Crippen LogP contribution >= 0.6 is 0 Å². The topological polar surface area (TPSA) is 119 Å². The van der Waals surface area contributed by atoms with Crippen molar-refractivity contribution < 1.29 is 30.8 Å². The van der Waals surface area contributed by atoms with Gasteiger partial charge in [0, 0.05) is 0 Å². The van der Waals surface area contributed by atoms with Crippen LogP contribution in [0.5, 0.6) is 0 Å². The van der Waals surface area contributed by atoms with E-state index in [1.807, 2.05) is 0 Å². The predicted molar refractivity (Wildman–Crippen MR) is 83.1 cm³/mol. The third kappa shape index (κ3) is 4.65. The van der Waals surface area contributed by atoms with Crippen molar-refractivity contribution in [2.24, 2.45) is 0 Å². The van der Waals surface area contributed by atoms with E-state index in [1.165, 1.54) is 0 Å². The van der Waals surface area contributed by atoms with E-state index in [0.29, 0.717) is 0 Å². The first-order chi connectivity index (χ1) is 11.1. The first-order valence-corrected chi connectivity index (χ1v) is 10.3. The summed E-state index contributed by atoms with van der Waals surface area (Å²) in [6.07, 6.45) is -0.828. The van der Waals surface area contributed by atoms with Gasteiger partial charge in [-0.2, -0.15) is 0 Å². The fourth-order valence-electron chi connectivity index (χ4n) is 2.31. The molecule has 1 fully saturated rings. The highest BCUT2D eigenvalue weighted by atomic mass is 32.2. The Morgan fingerprint density at radius 2 is 1.83 bits per heavy atom. The van der Waals surface area contributed by atoms with Crippen molar-refractivity contribution in [3.05, 3.63) is 30.1 Å². The fraction of sp³-hybridized carbons (Fsp3) is 0.462. The molecule has 1 aliphatic heterocycles. The first-order valence-electron chi connectivity index (χ1n) is 7.04. The summed E-state index contributed by atoms with van der Waals surface area (Å²) in [5.41, 5.74) is 0. The zero-order valence-electron chi connectivity index (χ0n) is 12.7. The molecule has 2 N–H and O–H groups in total. The second-order valence-electron chi connectivity index (χ2n) is 5.23. The number of carbonyl (C=O) groups is 1. The van der Waals surface area contributed by atoms with Gasteiger partial charge in [0.1, 0.15) is 5.82 Å². The number of sulfone groups is 1. The average molecular weight is 380 g/mol. The molecule has 0 bridgehead atoms. The van der Waals surface area contributed by atoms with Crippen molar-refractivity contribution in [2.45, 2.75) is 23.9 Å². The van der Waals surface area contributed by atoms with Gasteiger partial charge >= 0.3 is 6.09 Å². The largest absolute Gasteiger partial charge is 0.450 e. The summed E-state index contributed by atoms with van der Waals surface area (Å²) in [5.74, 6) is -1.45. The third-order valence-electron chi connectivity index (χ3n) is 3.36. The molecule has 0 radical (unpaired) electrons. The summed E-state index contributed by atoms with van der Waals surface area (Å²) >= 11 is 0. The van der Waals surface area contributed by atoms with Gasteiger partial charge in [-0.05, 0) is 31.2 Å². The molecule has 134 valence electrons. The average Bonchev–Trinajstić information content (AvgIpc) is 2.72. The maximum Gasteiger partial charge on any atom is 0.407 e. The number of hydrogen-bond donors (Lipinski definition) is 2. The summed E-state index contributed by atoms with van der Waals surface area (Å²) in [6.45, 7) is 1.68. The Morgan fingerprint density at radius 1 is 1.25 bits per heavy atom. The van der Waals surface area contributed by atoms with Crippen molar-refractivity contribution in [3.8, 4) is 0 Å². The van der Waals surface area contributed by atoms with E-state index in [2.05, 4.69) is 14.8 Å². The number of halogens is 1. The Kier molecular flexibility index (Phi) is 5.45. The molecule has 0 spiro atoms. The van der Waals surface area contributed by atoms with Crippen molar-refractivity contribution >= 4 is 26.0 Å². The molecule has 0 saturated carbocycles. The molecular weight excluding hydrogens is 363 g/mol. The van der Waals surface area contributed by atoms with Gasteiger partial charge in [0.2, 0.25) is 10.0 Å². The van der Waals surface area contributed by atoms with Crippen LogP contribution in [-0.2, 0) is 24.6 Å². The number of rotatable bonds is 5. The number of benzene rings is 1. The van der Waals surface area contributed by atoms with Gasteiger partial charge in [0.05, 0.1) is 35.1 Å². The Labute approximate surface area is 139 Å². The molecule has 24 heavy (non-hydrogen) atoms. The standard InChI is InChI=1S/C13H17FN2O6S2/c1-2-22-13(17)15-11-7-23(18,19)8-12(11)16-24(20,21)10-5-3-9(14)4-6-10/h3-6,11-12,16H,2,7-8H2,1H3,(H,15,17)/t11-,12+/m0/s1. The molecule has 1 aromatic carbocycles. The molecule has 1 heterocycles. The van der Waals surface area contributed by atoms with Crippen LogP contribution < -0.4 is 10.0 Å². The van der Waals surface area contributed by atoms with Crippen molar-refractivity contribution in [1.82, 2.24) is 10.0 Å². The minimum absolute atomic E-state index is 0.0945. The Hall–Kier alpha value is -1.72. The zero-order chi connectivity index (χ0) is 18.0. The summed E-state index contributed by atoms with van der Waals surface area (Å²) in [7, 11) is -7.59. The maximum absolute atomic E-state index is 12.9. The first kappa shape index (κ1) is 18.6. The van der Waals surface area contributed by atoms with Gasteiger partial charge in [-0.3, -0.25) is 0 Å². The molecule has 1 aromatic rings. The molecule has 2 rings (SSSR count). The van der Waals surface area contributed by atoms with E-state index < -0.39 is 55.4 Å². The monoisotopic (exact) mass is 380 g/mol. The molecule has 1 amide bonds. The number of nitrogens with one attached hydrogen (secondary N) is 2. The third-order valence-corrected chi connectivity index (χ3v) is 6.60. The van der Waals surface area contributed by atoms with Crippen LogP contribution in [0.25, 0.3) is 0 Å². The molecule has 1 saturated heterocycles. The smallest absolute Gasteiger partial charge is 0.407 e. The van der Waals surface area contributed by atoms with Gasteiger partial charge in [-0.25, -0.2) is 30.7 Å². The molecule has 0 aliphatic carbocycles. The van der Waals surface area contributed by atoms with Crippen molar-refractivity contribution in [1.29, 1.82) is 0 Å². The number of hydrogen-bond acceptors (Lipinski definition) is 6. The minimum Gasteiger partial charge on any atom is -0.450 e. The highest BCUT2D eigenvalue weighted by Gasteiger charge is 2.41. The lowest BCUT2D eigenvalue weighted by Gasteiger charge is -2.20. The number of sulfonamides is 1. The van der Waals surface area contributed by atoms with Crippen LogP contribution in [0.3, 0.4) is 0 Å². The SMILES string of the molecule is CCOC(=O)N[C@H]1CS(=O)(=O)C[C@H]1NS(=O)(=O)c1ccc(F)cc1. The fourth-order valence-corrected chi connectivity index (χ4v) is 5.55. The minimum atomic E-state index is -4.06.